The van der Waals surface area contributed by atoms with Crippen LogP contribution in [0.3, 0.4) is 0 Å². The van der Waals surface area contributed by atoms with Crippen molar-refractivity contribution in [2.75, 3.05) is 32.8 Å². The number of para-hydroxylation sites is 2. The number of amides is 1. The van der Waals surface area contributed by atoms with Gasteiger partial charge in [-0.05, 0) is 30.4 Å². The number of rotatable bonds is 1. The van der Waals surface area contributed by atoms with Gasteiger partial charge >= 0.3 is 0 Å². The minimum atomic E-state index is -0.506. The second-order valence-electron chi connectivity index (χ2n) is 6.29. The third kappa shape index (κ3) is 2.25. The number of carbonyl (C=O) groups excluding carboxylic acids is 1. The molecule has 1 N–H and O–H groups in total. The number of nitrogens with zero attached hydrogens (tertiary/aromatic N) is 1. The van der Waals surface area contributed by atoms with E-state index in [0.29, 0.717) is 17.8 Å². The van der Waals surface area contributed by atoms with Crippen molar-refractivity contribution in [3.8, 4) is 11.5 Å². The summed E-state index contributed by atoms with van der Waals surface area (Å²) in [5.74, 6) is 1.45. The molecule has 5 nitrogen and oxygen atoms in total. The maximum Gasteiger partial charge on any atom is 0.267 e. The van der Waals surface area contributed by atoms with E-state index in [4.69, 9.17) is 9.47 Å². The predicted molar refractivity (Wildman–Crippen MR) is 77.5 cm³/mol. The molecule has 1 atom stereocenters. The molecule has 2 saturated heterocycles. The minimum absolute atomic E-state index is 0.0617. The van der Waals surface area contributed by atoms with Crippen LogP contribution in [-0.4, -0.2) is 49.7 Å². The maximum absolute atomic E-state index is 12.6. The van der Waals surface area contributed by atoms with Crippen LogP contribution in [0.4, 0.5) is 0 Å². The molecule has 0 aliphatic carbocycles. The average Bonchev–Trinajstić information content (AvgIpc) is 2.52. The zero-order chi connectivity index (χ0) is 14.3. The molecular weight excluding hydrogens is 268 g/mol. The van der Waals surface area contributed by atoms with Crippen LogP contribution >= 0.6 is 0 Å². The minimum Gasteiger partial charge on any atom is -0.485 e. The summed E-state index contributed by atoms with van der Waals surface area (Å²) in [4.78, 5) is 14.5. The largest absolute Gasteiger partial charge is 0.485 e. The summed E-state index contributed by atoms with van der Waals surface area (Å²) in [6.07, 6.45) is 1.68. The lowest BCUT2D eigenvalue weighted by Crippen LogP contribution is -2.60. The number of benzene rings is 1. The van der Waals surface area contributed by atoms with Crippen molar-refractivity contribution in [1.29, 1.82) is 0 Å². The first kappa shape index (κ1) is 13.0. The molecule has 3 aliphatic heterocycles. The van der Waals surface area contributed by atoms with Gasteiger partial charge < -0.3 is 19.7 Å². The molecule has 21 heavy (non-hydrogen) atoms. The lowest BCUT2D eigenvalue weighted by atomic mass is 9.73. The van der Waals surface area contributed by atoms with Crippen LogP contribution in [0.5, 0.6) is 11.5 Å². The van der Waals surface area contributed by atoms with Gasteiger partial charge in [0.05, 0.1) is 0 Å². The molecule has 0 radical (unpaired) electrons. The molecule has 0 saturated carbocycles. The van der Waals surface area contributed by atoms with Crippen LogP contribution in [0.1, 0.15) is 12.8 Å². The number of fused-ring (bicyclic) bond motifs is 1. The van der Waals surface area contributed by atoms with Gasteiger partial charge in [0.2, 0.25) is 6.10 Å². The Morgan fingerprint density at radius 1 is 1.19 bits per heavy atom. The Bertz CT molecular complexity index is 546. The van der Waals surface area contributed by atoms with Crippen molar-refractivity contribution in [2.45, 2.75) is 18.9 Å². The number of likely N-dealkylation sites (tertiary alicyclic amines) is 1. The van der Waals surface area contributed by atoms with Gasteiger partial charge in [-0.1, -0.05) is 12.1 Å². The third-order valence-corrected chi connectivity index (χ3v) is 4.92. The highest BCUT2D eigenvalue weighted by Gasteiger charge is 2.42. The van der Waals surface area contributed by atoms with Gasteiger partial charge in [-0.15, -0.1) is 0 Å². The van der Waals surface area contributed by atoms with Gasteiger partial charge in [0.15, 0.2) is 11.5 Å². The SMILES string of the molecule is O=C(C1COc2ccccc2O1)N1CCC2(CC1)CNC2. The quantitative estimate of drug-likeness (QED) is 0.839. The molecule has 0 aromatic heterocycles. The maximum atomic E-state index is 12.6. The van der Waals surface area contributed by atoms with Crippen LogP contribution in [0.2, 0.25) is 0 Å². The molecule has 4 rings (SSSR count). The lowest BCUT2D eigenvalue weighted by Gasteiger charge is -2.48. The third-order valence-electron chi connectivity index (χ3n) is 4.92. The molecule has 5 heteroatoms. The van der Waals surface area contributed by atoms with Crippen molar-refractivity contribution >= 4 is 5.91 Å². The fourth-order valence-corrected chi connectivity index (χ4v) is 3.38. The van der Waals surface area contributed by atoms with Crippen molar-refractivity contribution in [2.24, 2.45) is 5.41 Å². The summed E-state index contributed by atoms with van der Waals surface area (Å²) in [6.45, 7) is 4.18. The summed E-state index contributed by atoms with van der Waals surface area (Å²) < 4.78 is 11.4. The second kappa shape index (κ2) is 4.91. The highest BCUT2D eigenvalue weighted by atomic mass is 16.6. The van der Waals surface area contributed by atoms with Crippen LogP contribution in [0.15, 0.2) is 24.3 Å². The fraction of sp³-hybridized carbons (Fsp3) is 0.562. The Morgan fingerprint density at radius 2 is 1.90 bits per heavy atom. The lowest BCUT2D eigenvalue weighted by molar-refractivity contribution is -0.144. The summed E-state index contributed by atoms with van der Waals surface area (Å²) >= 11 is 0. The highest BCUT2D eigenvalue weighted by Crippen LogP contribution is 2.36. The first-order chi connectivity index (χ1) is 10.3. The molecule has 1 unspecified atom stereocenters. The Hall–Kier alpha value is -1.75. The van der Waals surface area contributed by atoms with Crippen molar-refractivity contribution in [3.05, 3.63) is 24.3 Å². The second-order valence-corrected chi connectivity index (χ2v) is 6.29. The zero-order valence-electron chi connectivity index (χ0n) is 12.0. The Morgan fingerprint density at radius 3 is 2.57 bits per heavy atom. The highest BCUT2D eigenvalue weighted by molar-refractivity contribution is 5.82. The van der Waals surface area contributed by atoms with Crippen molar-refractivity contribution in [3.63, 3.8) is 0 Å². The van der Waals surface area contributed by atoms with E-state index >= 15 is 0 Å². The number of hydrogen-bond acceptors (Lipinski definition) is 4. The Balaban J connectivity index is 1.40. The van der Waals surface area contributed by atoms with Crippen LogP contribution in [0.25, 0.3) is 0 Å². The molecule has 112 valence electrons. The number of piperidine rings is 1. The number of carbonyl (C=O) groups is 1. The molecular formula is C16H20N2O3. The molecule has 0 bridgehead atoms. The van der Waals surface area contributed by atoms with Gasteiger partial charge in [0.25, 0.3) is 5.91 Å². The van der Waals surface area contributed by atoms with E-state index in [1.54, 1.807) is 0 Å². The van der Waals surface area contributed by atoms with E-state index in [0.717, 1.165) is 44.8 Å². The summed E-state index contributed by atoms with van der Waals surface area (Å²) in [5.41, 5.74) is 0.452. The number of ether oxygens (including phenoxy) is 2. The zero-order valence-corrected chi connectivity index (χ0v) is 12.0. The van der Waals surface area contributed by atoms with Crippen molar-refractivity contribution < 1.29 is 14.3 Å². The van der Waals surface area contributed by atoms with Gasteiger partial charge in [-0.3, -0.25) is 4.79 Å². The average molecular weight is 288 g/mol. The first-order valence-corrected chi connectivity index (χ1v) is 7.64. The normalized spacial score (nSPS) is 26.3. The van der Waals surface area contributed by atoms with E-state index in [1.807, 2.05) is 29.2 Å². The van der Waals surface area contributed by atoms with E-state index < -0.39 is 6.10 Å². The monoisotopic (exact) mass is 288 g/mol. The van der Waals surface area contributed by atoms with E-state index in [2.05, 4.69) is 5.32 Å². The van der Waals surface area contributed by atoms with Gasteiger partial charge in [0, 0.05) is 26.2 Å². The van der Waals surface area contributed by atoms with E-state index in [-0.39, 0.29) is 5.91 Å². The smallest absolute Gasteiger partial charge is 0.267 e. The van der Waals surface area contributed by atoms with E-state index in [9.17, 15) is 4.79 Å². The molecule has 1 spiro atoms. The summed E-state index contributed by atoms with van der Waals surface area (Å²) in [7, 11) is 0. The molecule has 1 aromatic rings. The van der Waals surface area contributed by atoms with Crippen LogP contribution < -0.4 is 14.8 Å². The molecule has 1 amide bonds. The van der Waals surface area contributed by atoms with Crippen LogP contribution in [-0.2, 0) is 4.79 Å². The Labute approximate surface area is 124 Å². The van der Waals surface area contributed by atoms with Gasteiger partial charge in [-0.2, -0.15) is 0 Å². The molecule has 1 aromatic carbocycles. The van der Waals surface area contributed by atoms with Crippen LogP contribution in [0, 0.1) is 5.41 Å². The summed E-state index contributed by atoms with van der Waals surface area (Å²) in [5, 5.41) is 3.34. The number of nitrogens with one attached hydrogen (secondary N) is 1. The number of hydrogen-bond donors (Lipinski definition) is 1. The standard InChI is InChI=1S/C16H20N2O3/c19-15(18-7-5-16(6-8-18)10-17-11-16)14-9-20-12-3-1-2-4-13(12)21-14/h1-4,14,17H,5-11H2. The molecule has 3 aliphatic rings. The summed E-state index contributed by atoms with van der Waals surface area (Å²) in [6, 6.07) is 7.51. The Kier molecular flexibility index (Phi) is 3.03. The molecule has 3 heterocycles. The van der Waals surface area contributed by atoms with Crippen molar-refractivity contribution in [1.82, 2.24) is 10.2 Å². The van der Waals surface area contributed by atoms with Gasteiger partial charge in [0.1, 0.15) is 6.61 Å². The molecule has 2 fully saturated rings. The first-order valence-electron chi connectivity index (χ1n) is 7.64. The van der Waals surface area contributed by atoms with E-state index in [1.165, 1.54) is 0 Å². The van der Waals surface area contributed by atoms with Gasteiger partial charge in [-0.25, -0.2) is 0 Å². The fourth-order valence-electron chi connectivity index (χ4n) is 3.38. The predicted octanol–water partition coefficient (Wildman–Crippen LogP) is 1.04. The topological polar surface area (TPSA) is 50.8 Å².